The monoisotopic (exact) mass is 400 g/mol. The lowest BCUT2D eigenvalue weighted by molar-refractivity contribution is -0.149. The second-order valence-electron chi connectivity index (χ2n) is 6.73. The van der Waals surface area contributed by atoms with Crippen LogP contribution < -0.4 is 10.2 Å². The van der Waals surface area contributed by atoms with Crippen LogP contribution in [-0.2, 0) is 20.7 Å². The quantitative estimate of drug-likeness (QED) is 0.783. The Labute approximate surface area is 168 Å². The molecule has 0 spiro atoms. The van der Waals surface area contributed by atoms with E-state index in [1.54, 1.807) is 29.2 Å². The molecule has 0 aromatic heterocycles. The summed E-state index contributed by atoms with van der Waals surface area (Å²) < 4.78 is 5.13. The number of benzene rings is 2. The lowest BCUT2D eigenvalue weighted by Gasteiger charge is -2.23. The van der Waals surface area contributed by atoms with Gasteiger partial charge in [0.15, 0.2) is 6.61 Å². The van der Waals surface area contributed by atoms with Crippen molar-refractivity contribution in [3.8, 4) is 0 Å². The summed E-state index contributed by atoms with van der Waals surface area (Å²) in [5, 5.41) is 2.82. The molecule has 2 amide bonds. The summed E-state index contributed by atoms with van der Waals surface area (Å²) in [7, 11) is 0. The van der Waals surface area contributed by atoms with Gasteiger partial charge in [0.1, 0.15) is 6.04 Å². The lowest BCUT2D eigenvalue weighted by atomic mass is 10.1. The van der Waals surface area contributed by atoms with Gasteiger partial charge in [0.05, 0.1) is 10.6 Å². The van der Waals surface area contributed by atoms with E-state index < -0.39 is 17.9 Å². The van der Waals surface area contributed by atoms with Crippen molar-refractivity contribution in [2.45, 2.75) is 32.4 Å². The van der Waals surface area contributed by atoms with Crippen LogP contribution in [0.4, 0.5) is 5.69 Å². The molecular weight excluding hydrogens is 380 g/mol. The van der Waals surface area contributed by atoms with Gasteiger partial charge in [-0.3, -0.25) is 9.59 Å². The van der Waals surface area contributed by atoms with Crippen LogP contribution in [-0.4, -0.2) is 36.5 Å². The van der Waals surface area contributed by atoms with Crippen molar-refractivity contribution in [1.29, 1.82) is 0 Å². The number of para-hydroxylation sites is 1. The first-order chi connectivity index (χ1) is 13.4. The van der Waals surface area contributed by atoms with E-state index in [1.807, 2.05) is 31.2 Å². The van der Waals surface area contributed by atoms with Crippen molar-refractivity contribution >= 4 is 35.1 Å². The number of ether oxygens (including phenoxy) is 1. The first kappa shape index (κ1) is 19.9. The number of rotatable bonds is 5. The molecule has 7 heteroatoms. The predicted octanol–water partition coefficient (Wildman–Crippen LogP) is 2.98. The van der Waals surface area contributed by atoms with Gasteiger partial charge >= 0.3 is 5.97 Å². The Bertz CT molecular complexity index is 915. The molecule has 2 aromatic rings. The Morgan fingerprint density at radius 2 is 1.86 bits per heavy atom. The summed E-state index contributed by atoms with van der Waals surface area (Å²) in [5.41, 5.74) is 2.20. The number of amides is 2. The van der Waals surface area contributed by atoms with Gasteiger partial charge in [-0.25, -0.2) is 4.79 Å². The molecule has 0 aliphatic carbocycles. The van der Waals surface area contributed by atoms with E-state index in [2.05, 4.69) is 5.32 Å². The van der Waals surface area contributed by atoms with Gasteiger partial charge in [0, 0.05) is 11.7 Å². The fourth-order valence-electron chi connectivity index (χ4n) is 3.25. The Morgan fingerprint density at radius 3 is 2.61 bits per heavy atom. The Kier molecular flexibility index (Phi) is 5.99. The molecule has 0 bridgehead atoms. The topological polar surface area (TPSA) is 75.7 Å². The van der Waals surface area contributed by atoms with Crippen LogP contribution in [0.15, 0.2) is 48.5 Å². The summed E-state index contributed by atoms with van der Waals surface area (Å²) in [6.45, 7) is 3.06. The van der Waals surface area contributed by atoms with Gasteiger partial charge in [-0.1, -0.05) is 41.9 Å². The highest BCUT2D eigenvalue weighted by molar-refractivity contribution is 6.33. The first-order valence-electron chi connectivity index (χ1n) is 9.00. The van der Waals surface area contributed by atoms with Crippen molar-refractivity contribution in [3.63, 3.8) is 0 Å². The van der Waals surface area contributed by atoms with Crippen LogP contribution >= 0.6 is 11.6 Å². The van der Waals surface area contributed by atoms with Crippen LogP contribution in [0.25, 0.3) is 0 Å². The smallest absolute Gasteiger partial charge is 0.328 e. The normalized spacial score (nSPS) is 16.2. The standard InChI is InChI=1S/C21H21ClN2O4/c1-13-11-15-7-3-6-10-18(15)24(13)19(25)12-28-21(27)14(2)23-20(26)16-8-4-5-9-17(16)22/h3-10,13-14H,11-12H2,1-2H3,(H,23,26)/t13-,14+/m1/s1. The molecule has 0 saturated carbocycles. The Hall–Kier alpha value is -2.86. The Morgan fingerprint density at radius 1 is 1.18 bits per heavy atom. The summed E-state index contributed by atoms with van der Waals surface area (Å²) >= 11 is 5.99. The van der Waals surface area contributed by atoms with Crippen LogP contribution in [0.3, 0.4) is 0 Å². The average Bonchev–Trinajstić information content (AvgIpc) is 3.01. The van der Waals surface area contributed by atoms with Gasteiger partial charge in [0.2, 0.25) is 0 Å². The van der Waals surface area contributed by atoms with E-state index in [9.17, 15) is 14.4 Å². The van der Waals surface area contributed by atoms with Crippen LogP contribution in [0.1, 0.15) is 29.8 Å². The number of carbonyl (C=O) groups is 3. The molecule has 0 radical (unpaired) electrons. The molecule has 1 heterocycles. The minimum Gasteiger partial charge on any atom is -0.454 e. The number of nitrogens with one attached hydrogen (secondary N) is 1. The zero-order chi connectivity index (χ0) is 20.3. The van der Waals surface area contributed by atoms with Crippen molar-refractivity contribution in [2.24, 2.45) is 0 Å². The third-order valence-corrected chi connectivity index (χ3v) is 4.96. The predicted molar refractivity (Wildman–Crippen MR) is 106 cm³/mol. The minimum atomic E-state index is -0.917. The fourth-order valence-corrected chi connectivity index (χ4v) is 3.47. The summed E-state index contributed by atoms with van der Waals surface area (Å²) in [4.78, 5) is 38.7. The number of hydrogen-bond donors (Lipinski definition) is 1. The van der Waals surface area contributed by atoms with Gasteiger partial charge in [-0.15, -0.1) is 0 Å². The van der Waals surface area contributed by atoms with Gasteiger partial charge in [0.25, 0.3) is 11.8 Å². The van der Waals surface area contributed by atoms with Crippen LogP contribution in [0.2, 0.25) is 5.02 Å². The number of halogens is 1. The maximum Gasteiger partial charge on any atom is 0.328 e. The molecule has 0 saturated heterocycles. The maximum atomic E-state index is 12.6. The third-order valence-electron chi connectivity index (χ3n) is 4.63. The molecule has 146 valence electrons. The third kappa shape index (κ3) is 4.17. The second-order valence-corrected chi connectivity index (χ2v) is 7.14. The molecule has 28 heavy (non-hydrogen) atoms. The largest absolute Gasteiger partial charge is 0.454 e. The number of carbonyl (C=O) groups excluding carboxylic acids is 3. The average molecular weight is 401 g/mol. The summed E-state index contributed by atoms with van der Waals surface area (Å²) in [6, 6.07) is 13.3. The minimum absolute atomic E-state index is 0.000880. The highest BCUT2D eigenvalue weighted by Gasteiger charge is 2.31. The highest BCUT2D eigenvalue weighted by atomic mass is 35.5. The number of anilines is 1. The maximum absolute atomic E-state index is 12.6. The van der Waals surface area contributed by atoms with E-state index in [1.165, 1.54) is 6.92 Å². The molecule has 1 aliphatic rings. The van der Waals surface area contributed by atoms with Gasteiger partial charge in [-0.05, 0) is 44.0 Å². The molecular formula is C21H21ClN2O4. The number of fused-ring (bicyclic) bond motifs is 1. The second kappa shape index (κ2) is 8.44. The fraction of sp³-hybridized carbons (Fsp3) is 0.286. The van der Waals surface area contributed by atoms with Crippen molar-refractivity contribution in [3.05, 3.63) is 64.7 Å². The molecule has 1 aliphatic heterocycles. The summed E-state index contributed by atoms with van der Waals surface area (Å²) in [6.07, 6.45) is 0.764. The number of esters is 1. The molecule has 3 rings (SSSR count). The van der Waals surface area contributed by atoms with Crippen molar-refractivity contribution in [1.82, 2.24) is 5.32 Å². The first-order valence-corrected chi connectivity index (χ1v) is 9.38. The van der Waals surface area contributed by atoms with Gasteiger partial charge < -0.3 is 15.0 Å². The van der Waals surface area contributed by atoms with Crippen LogP contribution in [0.5, 0.6) is 0 Å². The van der Waals surface area contributed by atoms with Crippen LogP contribution in [0, 0.1) is 0 Å². The molecule has 1 N–H and O–H groups in total. The SMILES string of the molecule is C[C@H](NC(=O)c1ccccc1Cl)C(=O)OCC(=O)N1c2ccccc2C[C@H]1C. The van der Waals surface area contributed by atoms with Crippen molar-refractivity contribution < 1.29 is 19.1 Å². The molecule has 0 unspecified atom stereocenters. The molecule has 6 nitrogen and oxygen atoms in total. The number of hydrogen-bond acceptors (Lipinski definition) is 4. The zero-order valence-corrected chi connectivity index (χ0v) is 16.4. The molecule has 2 atom stereocenters. The molecule has 2 aromatic carbocycles. The lowest BCUT2D eigenvalue weighted by Crippen LogP contribution is -2.42. The summed E-state index contributed by atoms with van der Waals surface area (Å²) in [5.74, 6) is -1.47. The van der Waals surface area contributed by atoms with E-state index in [0.29, 0.717) is 0 Å². The zero-order valence-electron chi connectivity index (χ0n) is 15.6. The van der Waals surface area contributed by atoms with Gasteiger partial charge in [-0.2, -0.15) is 0 Å². The van der Waals surface area contributed by atoms with E-state index in [4.69, 9.17) is 16.3 Å². The number of nitrogens with zero attached hydrogens (tertiary/aromatic N) is 1. The van der Waals surface area contributed by atoms with Crippen molar-refractivity contribution in [2.75, 3.05) is 11.5 Å². The molecule has 0 fully saturated rings. The van der Waals surface area contributed by atoms with E-state index >= 15 is 0 Å². The Balaban J connectivity index is 1.56. The van der Waals surface area contributed by atoms with E-state index in [-0.39, 0.29) is 29.1 Å². The highest BCUT2D eigenvalue weighted by Crippen LogP contribution is 2.31. The van der Waals surface area contributed by atoms with E-state index in [0.717, 1.165) is 17.7 Å².